The molecular formula is C16H23N3. The first kappa shape index (κ1) is 12.7. The molecule has 19 heavy (non-hydrogen) atoms. The van der Waals surface area contributed by atoms with E-state index in [0.717, 1.165) is 35.6 Å². The van der Waals surface area contributed by atoms with Gasteiger partial charge in [0.05, 0.1) is 16.6 Å². The molecule has 0 bridgehead atoms. The SMILES string of the molecule is CCC1CCC(N)(c2nc3c(C)cccc3[nH]2)CC1. The molecule has 0 spiro atoms. The second-order valence-electron chi connectivity index (χ2n) is 6.06. The highest BCUT2D eigenvalue weighted by Crippen LogP contribution is 2.38. The third kappa shape index (κ3) is 2.16. The molecule has 0 unspecified atom stereocenters. The van der Waals surface area contributed by atoms with E-state index in [4.69, 9.17) is 10.7 Å². The van der Waals surface area contributed by atoms with Gasteiger partial charge in [-0.2, -0.15) is 0 Å². The van der Waals surface area contributed by atoms with Crippen molar-refractivity contribution in [3.05, 3.63) is 29.6 Å². The summed E-state index contributed by atoms with van der Waals surface area (Å²) in [6.07, 6.45) is 5.82. The van der Waals surface area contributed by atoms with E-state index in [-0.39, 0.29) is 5.54 Å². The van der Waals surface area contributed by atoms with Gasteiger partial charge < -0.3 is 10.7 Å². The average Bonchev–Trinajstić information content (AvgIpc) is 2.86. The van der Waals surface area contributed by atoms with Crippen molar-refractivity contribution in [2.24, 2.45) is 11.7 Å². The minimum atomic E-state index is -0.253. The number of nitrogens with one attached hydrogen (secondary N) is 1. The summed E-state index contributed by atoms with van der Waals surface area (Å²) in [6.45, 7) is 4.38. The molecular weight excluding hydrogens is 234 g/mol. The van der Waals surface area contributed by atoms with Crippen molar-refractivity contribution in [2.75, 3.05) is 0 Å². The van der Waals surface area contributed by atoms with Crippen LogP contribution in [-0.4, -0.2) is 9.97 Å². The van der Waals surface area contributed by atoms with E-state index >= 15 is 0 Å². The van der Waals surface area contributed by atoms with Crippen LogP contribution in [-0.2, 0) is 5.54 Å². The Hall–Kier alpha value is -1.35. The van der Waals surface area contributed by atoms with E-state index in [1.165, 1.54) is 24.8 Å². The second-order valence-corrected chi connectivity index (χ2v) is 6.06. The molecule has 0 atom stereocenters. The number of imidazole rings is 1. The van der Waals surface area contributed by atoms with Crippen molar-refractivity contribution in [2.45, 2.75) is 51.5 Å². The minimum Gasteiger partial charge on any atom is -0.340 e. The van der Waals surface area contributed by atoms with Gasteiger partial charge in [-0.1, -0.05) is 25.5 Å². The predicted molar refractivity (Wildman–Crippen MR) is 78.9 cm³/mol. The van der Waals surface area contributed by atoms with Crippen molar-refractivity contribution in [3.8, 4) is 0 Å². The summed E-state index contributed by atoms with van der Waals surface area (Å²) in [5.41, 5.74) is 9.76. The Balaban J connectivity index is 1.93. The number of rotatable bonds is 2. The molecule has 2 aromatic rings. The van der Waals surface area contributed by atoms with Crippen LogP contribution in [0.2, 0.25) is 0 Å². The smallest absolute Gasteiger partial charge is 0.127 e. The van der Waals surface area contributed by atoms with Crippen LogP contribution in [0.1, 0.15) is 50.4 Å². The van der Waals surface area contributed by atoms with Gasteiger partial charge in [0.25, 0.3) is 0 Å². The summed E-state index contributed by atoms with van der Waals surface area (Å²) in [6, 6.07) is 6.25. The lowest BCUT2D eigenvalue weighted by Gasteiger charge is -2.35. The number of nitrogens with two attached hydrogens (primary N) is 1. The largest absolute Gasteiger partial charge is 0.340 e. The van der Waals surface area contributed by atoms with Gasteiger partial charge in [0.15, 0.2) is 0 Å². The Kier molecular flexibility index (Phi) is 3.09. The molecule has 0 amide bonds. The fourth-order valence-electron chi connectivity index (χ4n) is 3.25. The number of benzene rings is 1. The van der Waals surface area contributed by atoms with Crippen molar-refractivity contribution in [3.63, 3.8) is 0 Å². The Bertz CT molecular complexity index is 577. The Morgan fingerprint density at radius 1 is 1.37 bits per heavy atom. The number of hydrogen-bond acceptors (Lipinski definition) is 2. The summed E-state index contributed by atoms with van der Waals surface area (Å²) in [5.74, 6) is 1.83. The number of aryl methyl sites for hydroxylation is 1. The molecule has 1 heterocycles. The normalized spacial score (nSPS) is 27.8. The molecule has 1 aliphatic rings. The molecule has 1 aromatic carbocycles. The molecule has 0 saturated heterocycles. The number of H-pyrrole nitrogens is 1. The Morgan fingerprint density at radius 2 is 2.11 bits per heavy atom. The molecule has 102 valence electrons. The maximum absolute atomic E-state index is 6.62. The molecule has 3 nitrogen and oxygen atoms in total. The third-order valence-electron chi connectivity index (χ3n) is 4.76. The monoisotopic (exact) mass is 257 g/mol. The summed E-state index contributed by atoms with van der Waals surface area (Å²) >= 11 is 0. The maximum atomic E-state index is 6.62. The fraction of sp³-hybridized carbons (Fsp3) is 0.562. The number of para-hydroxylation sites is 1. The summed E-state index contributed by atoms with van der Waals surface area (Å²) in [7, 11) is 0. The van der Waals surface area contributed by atoms with Gasteiger partial charge in [0.2, 0.25) is 0 Å². The van der Waals surface area contributed by atoms with Crippen molar-refractivity contribution >= 4 is 11.0 Å². The zero-order valence-corrected chi connectivity index (χ0v) is 11.9. The van der Waals surface area contributed by atoms with Crippen LogP contribution < -0.4 is 5.73 Å². The molecule has 1 aliphatic carbocycles. The predicted octanol–water partition coefficient (Wildman–Crippen LogP) is 3.63. The van der Waals surface area contributed by atoms with E-state index in [0.29, 0.717) is 0 Å². The highest BCUT2D eigenvalue weighted by atomic mass is 15.0. The molecule has 1 aromatic heterocycles. The summed E-state index contributed by atoms with van der Waals surface area (Å²) in [5, 5.41) is 0. The number of aromatic nitrogens is 2. The molecule has 3 heteroatoms. The first-order valence-corrected chi connectivity index (χ1v) is 7.37. The fourth-order valence-corrected chi connectivity index (χ4v) is 3.25. The van der Waals surface area contributed by atoms with Gasteiger partial charge in [-0.05, 0) is 50.2 Å². The van der Waals surface area contributed by atoms with Crippen molar-refractivity contribution in [1.29, 1.82) is 0 Å². The number of hydrogen-bond donors (Lipinski definition) is 2. The van der Waals surface area contributed by atoms with Crippen molar-refractivity contribution < 1.29 is 0 Å². The quantitative estimate of drug-likeness (QED) is 0.863. The van der Waals surface area contributed by atoms with Crippen LogP contribution in [0.15, 0.2) is 18.2 Å². The molecule has 1 saturated carbocycles. The van der Waals surface area contributed by atoms with Crippen LogP contribution >= 0.6 is 0 Å². The highest BCUT2D eigenvalue weighted by Gasteiger charge is 2.35. The lowest BCUT2D eigenvalue weighted by Crippen LogP contribution is -2.41. The van der Waals surface area contributed by atoms with Gasteiger partial charge in [-0.15, -0.1) is 0 Å². The summed E-state index contributed by atoms with van der Waals surface area (Å²) in [4.78, 5) is 8.22. The lowest BCUT2D eigenvalue weighted by molar-refractivity contribution is 0.223. The van der Waals surface area contributed by atoms with Crippen LogP contribution in [0.25, 0.3) is 11.0 Å². The lowest BCUT2D eigenvalue weighted by atomic mass is 9.76. The highest BCUT2D eigenvalue weighted by molar-refractivity contribution is 5.78. The number of nitrogens with zero attached hydrogens (tertiary/aromatic N) is 1. The van der Waals surface area contributed by atoms with E-state index in [2.05, 4.69) is 37.0 Å². The van der Waals surface area contributed by atoms with Crippen LogP contribution in [0.4, 0.5) is 0 Å². The average molecular weight is 257 g/mol. The molecule has 0 aliphatic heterocycles. The zero-order valence-electron chi connectivity index (χ0n) is 11.9. The Morgan fingerprint density at radius 3 is 2.74 bits per heavy atom. The van der Waals surface area contributed by atoms with Gasteiger partial charge in [-0.25, -0.2) is 4.98 Å². The standard InChI is InChI=1S/C16H23N3/c1-3-12-7-9-16(17,10-8-12)15-18-13-6-4-5-11(2)14(13)19-15/h4-6,12H,3,7-10,17H2,1-2H3,(H,18,19). The molecule has 0 radical (unpaired) electrons. The third-order valence-corrected chi connectivity index (χ3v) is 4.76. The molecule has 3 rings (SSSR count). The first-order chi connectivity index (χ1) is 9.12. The van der Waals surface area contributed by atoms with Gasteiger partial charge in [-0.3, -0.25) is 0 Å². The first-order valence-electron chi connectivity index (χ1n) is 7.37. The van der Waals surface area contributed by atoms with Crippen LogP contribution in [0.5, 0.6) is 0 Å². The van der Waals surface area contributed by atoms with Gasteiger partial charge in [0.1, 0.15) is 5.82 Å². The second kappa shape index (κ2) is 4.64. The number of aromatic amines is 1. The molecule has 3 N–H and O–H groups in total. The maximum Gasteiger partial charge on any atom is 0.127 e. The number of fused-ring (bicyclic) bond motifs is 1. The van der Waals surface area contributed by atoms with Gasteiger partial charge >= 0.3 is 0 Å². The molecule has 1 fully saturated rings. The van der Waals surface area contributed by atoms with E-state index in [9.17, 15) is 0 Å². The van der Waals surface area contributed by atoms with Crippen molar-refractivity contribution in [1.82, 2.24) is 9.97 Å². The zero-order chi connectivity index (χ0) is 13.5. The minimum absolute atomic E-state index is 0.253. The summed E-state index contributed by atoms with van der Waals surface area (Å²) < 4.78 is 0. The van der Waals surface area contributed by atoms with Crippen LogP contribution in [0, 0.1) is 12.8 Å². The van der Waals surface area contributed by atoms with E-state index in [1.54, 1.807) is 0 Å². The van der Waals surface area contributed by atoms with Gasteiger partial charge in [0, 0.05) is 0 Å². The topological polar surface area (TPSA) is 54.7 Å². The van der Waals surface area contributed by atoms with E-state index < -0.39 is 0 Å². The van der Waals surface area contributed by atoms with E-state index in [1.807, 2.05) is 0 Å². The van der Waals surface area contributed by atoms with Crippen LogP contribution in [0.3, 0.4) is 0 Å². The Labute approximate surface area is 114 Å².